The minimum atomic E-state index is 0.878. The Morgan fingerprint density at radius 3 is 2.05 bits per heavy atom. The minimum absolute atomic E-state index is 0.878. The highest BCUT2D eigenvalue weighted by Gasteiger charge is 2.10. The number of rotatable bonds is 4. The van der Waals surface area contributed by atoms with Crippen LogP contribution in [0.1, 0.15) is 0 Å². The number of nitrogens with one attached hydrogen (secondary N) is 1. The highest BCUT2D eigenvalue weighted by atomic mass is 32.2. The largest absolute Gasteiger partial charge is 0.457 e. The van der Waals surface area contributed by atoms with Gasteiger partial charge in [0.1, 0.15) is 11.5 Å². The highest BCUT2D eigenvalue weighted by molar-refractivity contribution is 7.98. The molecule has 1 saturated heterocycles. The fourth-order valence-electron chi connectivity index (χ4n) is 2.43. The van der Waals surface area contributed by atoms with Crippen LogP contribution in [0.2, 0.25) is 0 Å². The smallest absolute Gasteiger partial charge is 0.127 e. The number of ether oxygens (including phenoxy) is 1. The molecule has 0 spiro atoms. The molecule has 1 aliphatic rings. The summed E-state index contributed by atoms with van der Waals surface area (Å²) in [4.78, 5) is 3.64. The van der Waals surface area contributed by atoms with E-state index in [0.29, 0.717) is 0 Å². The third kappa shape index (κ3) is 3.71. The Balaban J connectivity index is 1.65. The molecule has 0 amide bonds. The van der Waals surface area contributed by atoms with Crippen molar-refractivity contribution in [2.75, 3.05) is 37.3 Å². The monoisotopic (exact) mass is 300 g/mol. The Morgan fingerprint density at radius 2 is 1.48 bits per heavy atom. The van der Waals surface area contributed by atoms with Gasteiger partial charge in [0.05, 0.1) is 0 Å². The summed E-state index contributed by atoms with van der Waals surface area (Å²) < 4.78 is 5.88. The van der Waals surface area contributed by atoms with Gasteiger partial charge in [0.15, 0.2) is 0 Å². The van der Waals surface area contributed by atoms with Gasteiger partial charge in [0.25, 0.3) is 0 Å². The zero-order chi connectivity index (χ0) is 14.5. The Hall–Kier alpha value is -1.65. The van der Waals surface area contributed by atoms with Crippen LogP contribution < -0.4 is 15.0 Å². The molecule has 1 N–H and O–H groups in total. The summed E-state index contributed by atoms with van der Waals surface area (Å²) in [6, 6.07) is 16.5. The predicted octanol–water partition coefficient (Wildman–Crippen LogP) is 3.61. The molecule has 21 heavy (non-hydrogen) atoms. The van der Waals surface area contributed by atoms with Gasteiger partial charge in [-0.05, 0) is 54.8 Å². The fourth-order valence-corrected chi connectivity index (χ4v) is 2.84. The molecule has 4 heteroatoms. The Kier molecular flexibility index (Phi) is 4.68. The molecule has 3 nitrogen and oxygen atoms in total. The Bertz CT molecular complexity index is 562. The van der Waals surface area contributed by atoms with Crippen molar-refractivity contribution in [3.05, 3.63) is 48.5 Å². The summed E-state index contributed by atoms with van der Waals surface area (Å²) >= 11 is 1.74. The van der Waals surface area contributed by atoms with Gasteiger partial charge in [-0.15, -0.1) is 11.8 Å². The van der Waals surface area contributed by atoms with Gasteiger partial charge in [0.2, 0.25) is 0 Å². The summed E-state index contributed by atoms with van der Waals surface area (Å²) in [7, 11) is 0. The lowest BCUT2D eigenvalue weighted by molar-refractivity contribution is 0.482. The summed E-state index contributed by atoms with van der Waals surface area (Å²) in [5, 5.41) is 3.37. The van der Waals surface area contributed by atoms with Gasteiger partial charge in [-0.25, -0.2) is 0 Å². The van der Waals surface area contributed by atoms with Crippen molar-refractivity contribution in [1.29, 1.82) is 0 Å². The number of piperazine rings is 1. The Labute approximate surface area is 130 Å². The van der Waals surface area contributed by atoms with Crippen LogP contribution >= 0.6 is 11.8 Å². The van der Waals surface area contributed by atoms with E-state index < -0.39 is 0 Å². The maximum atomic E-state index is 5.88. The number of hydrogen-bond donors (Lipinski definition) is 1. The number of nitrogens with zero attached hydrogens (tertiary/aromatic N) is 1. The molecule has 1 heterocycles. The van der Waals surface area contributed by atoms with E-state index in [4.69, 9.17) is 4.74 Å². The van der Waals surface area contributed by atoms with Crippen LogP contribution in [0.25, 0.3) is 0 Å². The van der Waals surface area contributed by atoms with Crippen LogP contribution in [0.5, 0.6) is 11.5 Å². The van der Waals surface area contributed by atoms with Crippen molar-refractivity contribution in [1.82, 2.24) is 5.32 Å². The van der Waals surface area contributed by atoms with Crippen molar-refractivity contribution in [2.45, 2.75) is 4.90 Å². The minimum Gasteiger partial charge on any atom is -0.457 e. The number of thioether (sulfide) groups is 1. The van der Waals surface area contributed by atoms with E-state index in [1.54, 1.807) is 11.8 Å². The van der Waals surface area contributed by atoms with Gasteiger partial charge < -0.3 is 15.0 Å². The lowest BCUT2D eigenvalue weighted by atomic mass is 10.2. The van der Waals surface area contributed by atoms with E-state index in [0.717, 1.165) is 37.7 Å². The number of benzene rings is 2. The van der Waals surface area contributed by atoms with Gasteiger partial charge in [0, 0.05) is 36.8 Å². The first-order valence-electron chi connectivity index (χ1n) is 7.23. The molecule has 0 bridgehead atoms. The quantitative estimate of drug-likeness (QED) is 0.872. The van der Waals surface area contributed by atoms with Crippen LogP contribution in [0, 0.1) is 0 Å². The molecule has 0 aliphatic carbocycles. The van der Waals surface area contributed by atoms with Gasteiger partial charge >= 0.3 is 0 Å². The van der Waals surface area contributed by atoms with E-state index in [1.165, 1.54) is 10.6 Å². The van der Waals surface area contributed by atoms with Gasteiger partial charge in [-0.2, -0.15) is 0 Å². The molecule has 0 aromatic heterocycles. The summed E-state index contributed by atoms with van der Waals surface area (Å²) in [6.07, 6.45) is 2.07. The van der Waals surface area contributed by atoms with Crippen LogP contribution in [0.15, 0.2) is 53.4 Å². The molecule has 2 aromatic carbocycles. The fraction of sp³-hybridized carbons (Fsp3) is 0.294. The molecule has 2 aromatic rings. The van der Waals surface area contributed by atoms with Crippen LogP contribution in [-0.2, 0) is 0 Å². The zero-order valence-electron chi connectivity index (χ0n) is 12.2. The van der Waals surface area contributed by atoms with Crippen molar-refractivity contribution >= 4 is 17.4 Å². The van der Waals surface area contributed by atoms with Crippen molar-refractivity contribution in [3.63, 3.8) is 0 Å². The topological polar surface area (TPSA) is 24.5 Å². The molecule has 0 radical (unpaired) electrons. The molecule has 110 valence electrons. The summed E-state index contributed by atoms with van der Waals surface area (Å²) in [5.41, 5.74) is 1.27. The van der Waals surface area contributed by atoms with Crippen molar-refractivity contribution in [2.24, 2.45) is 0 Å². The summed E-state index contributed by atoms with van der Waals surface area (Å²) in [5.74, 6) is 1.76. The number of hydrogen-bond acceptors (Lipinski definition) is 4. The van der Waals surface area contributed by atoms with Gasteiger partial charge in [-0.1, -0.05) is 0 Å². The van der Waals surface area contributed by atoms with E-state index in [1.807, 2.05) is 24.3 Å². The average molecular weight is 300 g/mol. The maximum Gasteiger partial charge on any atom is 0.127 e. The molecule has 3 rings (SSSR count). The van der Waals surface area contributed by atoms with Gasteiger partial charge in [-0.3, -0.25) is 0 Å². The van der Waals surface area contributed by atoms with Crippen LogP contribution in [0.3, 0.4) is 0 Å². The average Bonchev–Trinajstić information content (AvgIpc) is 2.57. The first kappa shape index (κ1) is 14.3. The molecule has 1 aliphatic heterocycles. The van der Waals surface area contributed by atoms with E-state index >= 15 is 0 Å². The second-order valence-corrected chi connectivity index (χ2v) is 5.89. The predicted molar refractivity (Wildman–Crippen MR) is 89.8 cm³/mol. The van der Waals surface area contributed by atoms with Crippen molar-refractivity contribution in [3.8, 4) is 11.5 Å². The van der Waals surface area contributed by atoms with Crippen LogP contribution in [-0.4, -0.2) is 32.4 Å². The third-order valence-corrected chi connectivity index (χ3v) is 4.36. The normalized spacial score (nSPS) is 15.0. The molecular formula is C17H20N2OS. The van der Waals surface area contributed by atoms with Crippen LogP contribution in [0.4, 0.5) is 5.69 Å². The van der Waals surface area contributed by atoms with E-state index in [9.17, 15) is 0 Å². The standard InChI is InChI=1S/C17H20N2OS/c1-21-17-8-6-16(7-9-17)20-15-4-2-14(3-5-15)19-12-10-18-11-13-19/h2-9,18H,10-13H2,1H3. The maximum absolute atomic E-state index is 5.88. The first-order valence-corrected chi connectivity index (χ1v) is 8.45. The Morgan fingerprint density at radius 1 is 0.905 bits per heavy atom. The molecule has 1 fully saturated rings. The lowest BCUT2D eigenvalue weighted by Crippen LogP contribution is -2.43. The third-order valence-electron chi connectivity index (χ3n) is 3.61. The molecule has 0 saturated carbocycles. The number of anilines is 1. The van der Waals surface area contributed by atoms with Crippen molar-refractivity contribution < 1.29 is 4.74 Å². The molecule has 0 unspecified atom stereocenters. The zero-order valence-corrected chi connectivity index (χ0v) is 13.0. The summed E-state index contributed by atoms with van der Waals surface area (Å²) in [6.45, 7) is 4.24. The molecular weight excluding hydrogens is 280 g/mol. The lowest BCUT2D eigenvalue weighted by Gasteiger charge is -2.29. The first-order chi connectivity index (χ1) is 10.3. The molecule has 0 atom stereocenters. The van der Waals surface area contributed by atoms with E-state index in [2.05, 4.69) is 40.7 Å². The second kappa shape index (κ2) is 6.87. The SMILES string of the molecule is CSc1ccc(Oc2ccc(N3CCNCC3)cc2)cc1. The highest BCUT2D eigenvalue weighted by Crippen LogP contribution is 2.26. The van der Waals surface area contributed by atoms with E-state index in [-0.39, 0.29) is 0 Å². The second-order valence-electron chi connectivity index (χ2n) is 5.01.